The molecule has 0 fully saturated rings. The molecule has 9 heteroatoms. The Labute approximate surface area is 306 Å². The summed E-state index contributed by atoms with van der Waals surface area (Å²) in [5.41, 5.74) is 8.92. The van der Waals surface area contributed by atoms with Gasteiger partial charge in [0.1, 0.15) is 33.1 Å². The first-order valence-electron chi connectivity index (χ1n) is 17.2. The quantitative estimate of drug-likeness (QED) is 0.0953. The van der Waals surface area contributed by atoms with E-state index in [0.717, 1.165) is 0 Å². The highest BCUT2D eigenvalue weighted by Gasteiger charge is 2.21. The minimum atomic E-state index is -0.132. The smallest absolute Gasteiger partial charge is 0.193 e. The molecule has 3 heterocycles. The lowest BCUT2D eigenvalue weighted by Gasteiger charge is -2.11. The molecule has 0 spiro atoms. The van der Waals surface area contributed by atoms with Gasteiger partial charge in [0.2, 0.25) is 0 Å². The van der Waals surface area contributed by atoms with Crippen LogP contribution in [0.1, 0.15) is 47.8 Å². The highest BCUT2D eigenvalue weighted by atomic mass is 16.1. The van der Waals surface area contributed by atoms with E-state index in [1.165, 1.54) is 0 Å². The van der Waals surface area contributed by atoms with Crippen LogP contribution in [0.3, 0.4) is 0 Å². The molecular weight excluding hydrogens is 673 g/mol. The van der Waals surface area contributed by atoms with Gasteiger partial charge in [-0.05, 0) is 54.6 Å². The molecule has 9 nitrogen and oxygen atoms in total. The zero-order valence-corrected chi connectivity index (χ0v) is 28.3. The summed E-state index contributed by atoms with van der Waals surface area (Å²) in [5.74, 6) is -0.396. The molecule has 0 saturated carbocycles. The lowest BCUT2D eigenvalue weighted by Crippen LogP contribution is -2.04. The lowest BCUT2D eigenvalue weighted by atomic mass is 10.0. The van der Waals surface area contributed by atoms with Crippen LogP contribution in [0.25, 0.3) is 66.2 Å². The molecule has 0 saturated heterocycles. The number of benzene rings is 7. The largest absolute Gasteiger partial charge is 0.289 e. The number of hydrogen-bond acceptors (Lipinski definition) is 9. The van der Waals surface area contributed by atoms with Gasteiger partial charge in [-0.15, -0.1) is 0 Å². The van der Waals surface area contributed by atoms with Crippen LogP contribution in [0.2, 0.25) is 0 Å². The highest BCUT2D eigenvalue weighted by Crippen LogP contribution is 2.34. The molecule has 54 heavy (non-hydrogen) atoms. The summed E-state index contributed by atoms with van der Waals surface area (Å²) in [4.78, 5) is 70.5. The molecule has 0 radical (unpaired) electrons. The van der Waals surface area contributed by atoms with Crippen molar-refractivity contribution in [1.82, 2.24) is 29.9 Å². The van der Waals surface area contributed by atoms with E-state index in [9.17, 15) is 14.4 Å². The fraction of sp³-hybridized carbons (Fsp3) is 0. The molecular formula is C45H24N6O3. The van der Waals surface area contributed by atoms with Crippen molar-refractivity contribution >= 4 is 83.6 Å². The molecule has 10 aromatic rings. The summed E-state index contributed by atoms with van der Waals surface area (Å²) in [6, 6.07) is 43.0. The molecule has 0 aliphatic rings. The minimum absolute atomic E-state index is 0.132. The predicted octanol–water partition coefficient (Wildman–Crippen LogP) is 8.67. The van der Waals surface area contributed by atoms with Gasteiger partial charge >= 0.3 is 0 Å². The van der Waals surface area contributed by atoms with Crippen molar-refractivity contribution in [1.29, 1.82) is 0 Å². The van der Waals surface area contributed by atoms with Crippen LogP contribution in [-0.2, 0) is 0 Å². The van der Waals surface area contributed by atoms with Crippen molar-refractivity contribution in [2.24, 2.45) is 0 Å². The normalized spacial score (nSPS) is 11.6. The number of ketones is 3. The van der Waals surface area contributed by atoms with Crippen LogP contribution in [0.5, 0.6) is 0 Å². The van der Waals surface area contributed by atoms with Crippen LogP contribution in [-0.4, -0.2) is 47.3 Å². The molecule has 0 bridgehead atoms. The molecule has 0 amide bonds. The third-order valence-electron chi connectivity index (χ3n) is 9.56. The lowest BCUT2D eigenvalue weighted by molar-refractivity contribution is 0.103. The molecule has 0 aliphatic heterocycles. The van der Waals surface area contributed by atoms with Crippen molar-refractivity contribution in [2.45, 2.75) is 0 Å². The van der Waals surface area contributed by atoms with Gasteiger partial charge in [-0.3, -0.25) is 14.4 Å². The highest BCUT2D eigenvalue weighted by molar-refractivity contribution is 6.22. The van der Waals surface area contributed by atoms with Crippen LogP contribution in [0, 0.1) is 0 Å². The Bertz CT molecular complexity index is 2830. The Balaban J connectivity index is 1.23. The van der Waals surface area contributed by atoms with Gasteiger partial charge in [-0.2, -0.15) is 0 Å². The fourth-order valence-electron chi connectivity index (χ4n) is 6.85. The maximum Gasteiger partial charge on any atom is 0.193 e. The number of carbonyl (C=O) groups is 3. The van der Waals surface area contributed by atoms with E-state index in [-0.39, 0.29) is 17.3 Å². The minimum Gasteiger partial charge on any atom is -0.289 e. The second-order valence-corrected chi connectivity index (χ2v) is 13.0. The molecule has 10 rings (SSSR count). The number of carbonyl (C=O) groups excluding carboxylic acids is 3. The maximum atomic E-state index is 13.4. The summed E-state index contributed by atoms with van der Waals surface area (Å²) in [6.07, 6.45) is 0. The maximum absolute atomic E-state index is 13.4. The van der Waals surface area contributed by atoms with Crippen LogP contribution < -0.4 is 0 Å². The van der Waals surface area contributed by atoms with Gasteiger partial charge in [0.15, 0.2) is 17.3 Å². The van der Waals surface area contributed by atoms with Crippen molar-refractivity contribution in [3.05, 3.63) is 179 Å². The Hall–Kier alpha value is -7.65. The molecule has 0 unspecified atom stereocenters. The first-order chi connectivity index (χ1) is 26.5. The number of nitrogens with zero attached hydrogens (tertiary/aromatic N) is 6. The van der Waals surface area contributed by atoms with E-state index in [4.69, 9.17) is 29.9 Å². The van der Waals surface area contributed by atoms with E-state index < -0.39 is 0 Å². The standard InChI is InChI=1S/C45H24N6O3/c52-43(25-10-4-1-5-11-25)28-16-19-31-34(22-28)49-40-37(46-31)41-39(48-33-21-18-30(24-36(33)50-41)45(54)27-14-8-3-9-15-27)42-38(40)47-32-20-17-29(23-35(32)51-42)44(53)26-12-6-2-7-13-26/h1-24H. The Morgan fingerprint density at radius 1 is 0.259 bits per heavy atom. The Morgan fingerprint density at radius 3 is 0.759 bits per heavy atom. The summed E-state index contributed by atoms with van der Waals surface area (Å²) >= 11 is 0. The van der Waals surface area contributed by atoms with E-state index >= 15 is 0 Å². The topological polar surface area (TPSA) is 129 Å². The van der Waals surface area contributed by atoms with E-state index in [1.54, 1.807) is 91.0 Å². The SMILES string of the molecule is O=C(c1ccccc1)c1ccc2nc3c4nc5cc(C(=O)c6ccccc6)ccc5nc4c4nc5cc(C(=O)c6ccccc6)ccc5nc4c3nc2c1. The molecule has 0 aliphatic carbocycles. The summed E-state index contributed by atoms with van der Waals surface area (Å²) in [6.45, 7) is 0. The first-order valence-corrected chi connectivity index (χ1v) is 17.2. The molecule has 0 atom stereocenters. The van der Waals surface area contributed by atoms with Gasteiger partial charge in [-0.25, -0.2) is 29.9 Å². The fourth-order valence-corrected chi connectivity index (χ4v) is 6.85. The Morgan fingerprint density at radius 2 is 0.500 bits per heavy atom. The third kappa shape index (κ3) is 5.14. The zero-order chi connectivity index (χ0) is 36.3. The third-order valence-corrected chi connectivity index (χ3v) is 9.56. The molecule has 3 aromatic heterocycles. The second-order valence-electron chi connectivity index (χ2n) is 13.0. The molecule has 7 aromatic carbocycles. The average Bonchev–Trinajstić information content (AvgIpc) is 3.24. The van der Waals surface area contributed by atoms with E-state index in [1.807, 2.05) is 54.6 Å². The number of hydrogen-bond donors (Lipinski definition) is 0. The van der Waals surface area contributed by atoms with Gasteiger partial charge < -0.3 is 0 Å². The van der Waals surface area contributed by atoms with Crippen LogP contribution in [0.15, 0.2) is 146 Å². The van der Waals surface area contributed by atoms with Crippen molar-refractivity contribution in [3.63, 3.8) is 0 Å². The predicted molar refractivity (Wildman–Crippen MR) is 208 cm³/mol. The van der Waals surface area contributed by atoms with Gasteiger partial charge in [-0.1, -0.05) is 91.0 Å². The van der Waals surface area contributed by atoms with Gasteiger partial charge in [0.05, 0.1) is 33.1 Å². The van der Waals surface area contributed by atoms with Crippen molar-refractivity contribution in [2.75, 3.05) is 0 Å². The Kier molecular flexibility index (Phi) is 7.06. The number of fused-ring (bicyclic) bond motifs is 9. The van der Waals surface area contributed by atoms with Crippen LogP contribution >= 0.6 is 0 Å². The van der Waals surface area contributed by atoms with Crippen LogP contribution in [0.4, 0.5) is 0 Å². The molecule has 252 valence electrons. The van der Waals surface area contributed by atoms with E-state index in [0.29, 0.717) is 99.6 Å². The second kappa shape index (κ2) is 12.2. The van der Waals surface area contributed by atoms with Crippen molar-refractivity contribution in [3.8, 4) is 0 Å². The van der Waals surface area contributed by atoms with Gasteiger partial charge in [0, 0.05) is 33.4 Å². The summed E-state index contributed by atoms with van der Waals surface area (Å²) < 4.78 is 0. The monoisotopic (exact) mass is 696 g/mol. The summed E-state index contributed by atoms with van der Waals surface area (Å²) in [5, 5.41) is 0. The van der Waals surface area contributed by atoms with Gasteiger partial charge in [0.25, 0.3) is 0 Å². The first kappa shape index (κ1) is 31.1. The zero-order valence-electron chi connectivity index (χ0n) is 28.3. The summed E-state index contributed by atoms with van der Waals surface area (Å²) in [7, 11) is 0. The van der Waals surface area contributed by atoms with E-state index in [2.05, 4.69) is 0 Å². The average molecular weight is 697 g/mol. The van der Waals surface area contributed by atoms with Crippen molar-refractivity contribution < 1.29 is 14.4 Å². The number of rotatable bonds is 6. The molecule has 0 N–H and O–H groups in total. The number of aromatic nitrogens is 6.